The van der Waals surface area contributed by atoms with Crippen molar-refractivity contribution in [3.63, 3.8) is 0 Å². The molecule has 0 radical (unpaired) electrons. The van der Waals surface area contributed by atoms with Gasteiger partial charge in [0.1, 0.15) is 13.2 Å². The Bertz CT molecular complexity index is 472. The Morgan fingerprint density at radius 1 is 1.10 bits per heavy atom. The molecule has 0 saturated heterocycles. The second-order valence-corrected chi connectivity index (χ2v) is 7.24. The van der Waals surface area contributed by atoms with Crippen LogP contribution in [0.25, 0.3) is 0 Å². The molecule has 1 heterocycles. The molecule has 1 aromatic carbocycles. The summed E-state index contributed by atoms with van der Waals surface area (Å²) in [5.74, 6) is 2.41. The zero-order valence-electron chi connectivity index (χ0n) is 11.5. The van der Waals surface area contributed by atoms with Gasteiger partial charge < -0.3 is 9.47 Å². The minimum absolute atomic E-state index is 0.300. The molecular formula is C16H20BrClO2. The maximum atomic E-state index is 6.41. The van der Waals surface area contributed by atoms with Crippen molar-refractivity contribution in [1.29, 1.82) is 0 Å². The average molecular weight is 360 g/mol. The number of halogens is 2. The highest BCUT2D eigenvalue weighted by molar-refractivity contribution is 9.09. The lowest BCUT2D eigenvalue weighted by Gasteiger charge is -2.25. The Labute approximate surface area is 133 Å². The van der Waals surface area contributed by atoms with Gasteiger partial charge in [0, 0.05) is 15.9 Å². The first-order valence-electron chi connectivity index (χ1n) is 7.47. The van der Waals surface area contributed by atoms with Crippen LogP contribution in [0, 0.1) is 5.92 Å². The highest BCUT2D eigenvalue weighted by Gasteiger charge is 2.22. The third kappa shape index (κ3) is 3.25. The van der Waals surface area contributed by atoms with E-state index in [1.165, 1.54) is 32.1 Å². The molecular weight excluding hydrogens is 340 g/mol. The molecule has 0 aromatic heterocycles. The molecule has 0 amide bonds. The van der Waals surface area contributed by atoms with Crippen molar-refractivity contribution < 1.29 is 9.47 Å². The summed E-state index contributed by atoms with van der Waals surface area (Å²) in [5, 5.41) is 0.770. The van der Waals surface area contributed by atoms with E-state index in [4.69, 9.17) is 21.1 Å². The van der Waals surface area contributed by atoms with Crippen molar-refractivity contribution in [1.82, 2.24) is 0 Å². The number of hydrogen-bond acceptors (Lipinski definition) is 2. The van der Waals surface area contributed by atoms with Gasteiger partial charge in [-0.1, -0.05) is 59.6 Å². The molecule has 3 rings (SSSR count). The molecule has 0 N–H and O–H groups in total. The number of alkyl halides is 1. The second-order valence-electron chi connectivity index (χ2n) is 5.72. The van der Waals surface area contributed by atoms with Crippen molar-refractivity contribution in [2.24, 2.45) is 5.92 Å². The largest absolute Gasteiger partial charge is 0.486 e. The third-order valence-corrected chi connectivity index (χ3v) is 5.46. The number of benzene rings is 1. The zero-order valence-corrected chi connectivity index (χ0v) is 13.9. The van der Waals surface area contributed by atoms with Crippen LogP contribution in [0.15, 0.2) is 12.1 Å². The quantitative estimate of drug-likeness (QED) is 0.662. The molecule has 2 aliphatic rings. The van der Waals surface area contributed by atoms with Crippen LogP contribution >= 0.6 is 27.5 Å². The lowest BCUT2D eigenvalue weighted by atomic mass is 9.85. The summed E-state index contributed by atoms with van der Waals surface area (Å²) in [5.41, 5.74) is 1.13. The van der Waals surface area contributed by atoms with Crippen molar-refractivity contribution in [2.75, 3.05) is 13.2 Å². The normalized spacial score (nSPS) is 20.7. The molecule has 110 valence electrons. The first-order chi connectivity index (χ1) is 9.74. The van der Waals surface area contributed by atoms with Crippen LogP contribution in [0.4, 0.5) is 0 Å². The summed E-state index contributed by atoms with van der Waals surface area (Å²) in [6.45, 7) is 1.21. The van der Waals surface area contributed by atoms with Gasteiger partial charge in [-0.25, -0.2) is 0 Å². The molecule has 1 aromatic rings. The van der Waals surface area contributed by atoms with Crippen LogP contribution in [0.2, 0.25) is 5.02 Å². The van der Waals surface area contributed by atoms with Crippen molar-refractivity contribution >= 4 is 27.5 Å². The molecule has 0 bridgehead atoms. The fourth-order valence-electron chi connectivity index (χ4n) is 3.16. The Balaban J connectivity index is 1.74. The second kappa shape index (κ2) is 6.57. The topological polar surface area (TPSA) is 18.5 Å². The Morgan fingerprint density at radius 3 is 2.45 bits per heavy atom. The van der Waals surface area contributed by atoms with Crippen molar-refractivity contribution in [3.05, 3.63) is 22.7 Å². The molecule has 0 spiro atoms. The Hall–Kier alpha value is -0.410. The van der Waals surface area contributed by atoms with E-state index < -0.39 is 0 Å². The number of rotatable bonds is 3. The SMILES string of the molecule is Clc1cc2c(cc1C(Br)CC1CCCCC1)OCCO2. The van der Waals surface area contributed by atoms with E-state index in [9.17, 15) is 0 Å². The van der Waals surface area contributed by atoms with E-state index in [0.29, 0.717) is 18.0 Å². The number of fused-ring (bicyclic) bond motifs is 1. The van der Waals surface area contributed by atoms with E-state index in [0.717, 1.165) is 34.4 Å². The van der Waals surface area contributed by atoms with Crippen LogP contribution in [-0.2, 0) is 0 Å². The highest BCUT2D eigenvalue weighted by Crippen LogP contribution is 2.43. The van der Waals surface area contributed by atoms with Gasteiger partial charge in [0.25, 0.3) is 0 Å². The Kier molecular flexibility index (Phi) is 4.77. The predicted octanol–water partition coefficient (Wildman–Crippen LogP) is 5.52. The molecule has 2 nitrogen and oxygen atoms in total. The summed E-state index contributed by atoms with van der Waals surface area (Å²) < 4.78 is 11.2. The monoisotopic (exact) mass is 358 g/mol. The number of hydrogen-bond donors (Lipinski definition) is 0. The fraction of sp³-hybridized carbons (Fsp3) is 0.625. The Morgan fingerprint density at radius 2 is 1.75 bits per heavy atom. The fourth-order valence-corrected chi connectivity index (χ4v) is 4.49. The minimum Gasteiger partial charge on any atom is -0.486 e. The first-order valence-corrected chi connectivity index (χ1v) is 8.76. The molecule has 1 unspecified atom stereocenters. The summed E-state index contributed by atoms with van der Waals surface area (Å²) in [6, 6.07) is 3.93. The summed E-state index contributed by atoms with van der Waals surface area (Å²) in [7, 11) is 0. The van der Waals surface area contributed by atoms with Crippen LogP contribution in [0.1, 0.15) is 48.9 Å². The van der Waals surface area contributed by atoms with E-state index in [2.05, 4.69) is 15.9 Å². The van der Waals surface area contributed by atoms with Gasteiger partial charge in [-0.15, -0.1) is 0 Å². The summed E-state index contributed by atoms with van der Waals surface area (Å²) >= 11 is 10.2. The van der Waals surface area contributed by atoms with E-state index >= 15 is 0 Å². The standard InChI is InChI=1S/C16H20BrClO2/c17-13(8-11-4-2-1-3-5-11)12-9-15-16(10-14(12)18)20-7-6-19-15/h9-11,13H,1-8H2. The molecule has 1 saturated carbocycles. The maximum absolute atomic E-state index is 6.41. The van der Waals surface area contributed by atoms with Gasteiger partial charge in [0.2, 0.25) is 0 Å². The zero-order chi connectivity index (χ0) is 13.9. The first kappa shape index (κ1) is 14.5. The van der Waals surface area contributed by atoms with Crippen LogP contribution in [0.5, 0.6) is 11.5 Å². The van der Waals surface area contributed by atoms with Gasteiger partial charge in [-0.05, 0) is 24.0 Å². The van der Waals surface area contributed by atoms with Crippen molar-refractivity contribution in [3.8, 4) is 11.5 Å². The van der Waals surface area contributed by atoms with E-state index in [-0.39, 0.29) is 0 Å². The number of ether oxygens (including phenoxy) is 2. The van der Waals surface area contributed by atoms with Crippen molar-refractivity contribution in [2.45, 2.75) is 43.4 Å². The molecule has 1 aliphatic heterocycles. The van der Waals surface area contributed by atoms with Gasteiger partial charge >= 0.3 is 0 Å². The minimum atomic E-state index is 0.300. The molecule has 4 heteroatoms. The van der Waals surface area contributed by atoms with Gasteiger partial charge in [-0.3, -0.25) is 0 Å². The van der Waals surface area contributed by atoms with E-state index in [1.807, 2.05) is 12.1 Å². The lowest BCUT2D eigenvalue weighted by molar-refractivity contribution is 0.171. The third-order valence-electron chi connectivity index (χ3n) is 4.26. The molecule has 20 heavy (non-hydrogen) atoms. The van der Waals surface area contributed by atoms with Gasteiger partial charge in [0.05, 0.1) is 0 Å². The lowest BCUT2D eigenvalue weighted by Crippen LogP contribution is -2.16. The average Bonchev–Trinajstić information content (AvgIpc) is 2.47. The summed E-state index contributed by atoms with van der Waals surface area (Å²) in [6.07, 6.45) is 8.00. The van der Waals surface area contributed by atoms with E-state index in [1.54, 1.807) is 0 Å². The molecule has 1 atom stereocenters. The maximum Gasteiger partial charge on any atom is 0.162 e. The predicted molar refractivity (Wildman–Crippen MR) is 85.3 cm³/mol. The smallest absolute Gasteiger partial charge is 0.162 e. The van der Waals surface area contributed by atoms with Gasteiger partial charge in [0.15, 0.2) is 11.5 Å². The molecule has 1 aliphatic carbocycles. The van der Waals surface area contributed by atoms with Crippen LogP contribution < -0.4 is 9.47 Å². The van der Waals surface area contributed by atoms with Crippen LogP contribution in [0.3, 0.4) is 0 Å². The van der Waals surface area contributed by atoms with Crippen LogP contribution in [-0.4, -0.2) is 13.2 Å². The summed E-state index contributed by atoms with van der Waals surface area (Å²) in [4.78, 5) is 0.300. The molecule has 1 fully saturated rings. The van der Waals surface area contributed by atoms with Gasteiger partial charge in [-0.2, -0.15) is 0 Å². The highest BCUT2D eigenvalue weighted by atomic mass is 79.9.